The van der Waals surface area contributed by atoms with Crippen LogP contribution < -0.4 is 5.69 Å². The minimum atomic E-state index is -0.327. The molecule has 1 fully saturated rings. The molecule has 0 saturated heterocycles. The fraction of sp³-hybridized carbons (Fsp3) is 0.235. The maximum atomic E-state index is 12.7. The molecule has 0 atom stereocenters. The molecule has 1 aliphatic rings. The lowest BCUT2D eigenvalue weighted by Gasteiger charge is -2.03. The van der Waals surface area contributed by atoms with Gasteiger partial charge in [0.2, 0.25) is 5.82 Å². The lowest BCUT2D eigenvalue weighted by Crippen LogP contribution is -2.27. The Hall–Kier alpha value is -2.31. The summed E-state index contributed by atoms with van der Waals surface area (Å²) in [7, 11) is 0. The van der Waals surface area contributed by atoms with Crippen LogP contribution in [-0.2, 0) is 6.54 Å². The van der Waals surface area contributed by atoms with Crippen LogP contribution in [0.1, 0.15) is 29.2 Å². The van der Waals surface area contributed by atoms with Crippen molar-refractivity contribution in [1.29, 1.82) is 0 Å². The van der Waals surface area contributed by atoms with Crippen molar-refractivity contribution in [2.45, 2.75) is 25.4 Å². The van der Waals surface area contributed by atoms with Crippen molar-refractivity contribution in [3.8, 4) is 11.6 Å². The number of hydrogen-bond donors (Lipinski definition) is 0. The highest BCUT2D eigenvalue weighted by Gasteiger charge is 2.31. The van der Waals surface area contributed by atoms with Crippen LogP contribution in [0.5, 0.6) is 0 Å². The molecule has 8 heteroatoms. The molecule has 3 aromatic rings. The van der Waals surface area contributed by atoms with E-state index < -0.39 is 0 Å². The van der Waals surface area contributed by atoms with E-state index in [0.29, 0.717) is 22.2 Å². The van der Waals surface area contributed by atoms with Crippen molar-refractivity contribution in [2.24, 2.45) is 0 Å². The van der Waals surface area contributed by atoms with Crippen molar-refractivity contribution in [1.82, 2.24) is 14.3 Å². The molecule has 0 spiro atoms. The second kappa shape index (κ2) is 6.20. The zero-order valence-electron chi connectivity index (χ0n) is 13.0. The van der Waals surface area contributed by atoms with E-state index >= 15 is 0 Å². The summed E-state index contributed by atoms with van der Waals surface area (Å²) in [6.07, 6.45) is 3.35. The number of Topliss-reactive ketones (excluding diaryl/α,β-unsaturated/α-hetero) is 1. The number of halogens is 2. The predicted octanol–water partition coefficient (Wildman–Crippen LogP) is 3.83. The molecular weight excluding hydrogens is 365 g/mol. The van der Waals surface area contributed by atoms with Crippen LogP contribution in [0.2, 0.25) is 10.0 Å². The van der Waals surface area contributed by atoms with Crippen molar-refractivity contribution in [2.75, 3.05) is 0 Å². The van der Waals surface area contributed by atoms with Crippen LogP contribution in [-0.4, -0.2) is 20.1 Å². The summed E-state index contributed by atoms with van der Waals surface area (Å²) in [5.41, 5.74) is -0.0224. The molecule has 0 N–H and O–H groups in total. The number of carbonyl (C=O) groups excluding carboxylic acids is 1. The predicted molar refractivity (Wildman–Crippen MR) is 93.3 cm³/mol. The molecule has 6 nitrogen and oxygen atoms in total. The minimum absolute atomic E-state index is 0.107. The van der Waals surface area contributed by atoms with Gasteiger partial charge in [-0.25, -0.2) is 9.48 Å². The Balaban J connectivity index is 1.70. The maximum Gasteiger partial charge on any atom is 0.346 e. The highest BCUT2D eigenvalue weighted by atomic mass is 35.5. The number of hydrogen-bond acceptors (Lipinski definition) is 4. The van der Waals surface area contributed by atoms with Gasteiger partial charge in [0.05, 0.1) is 11.3 Å². The lowest BCUT2D eigenvalue weighted by atomic mass is 10.1. The SMILES string of the molecule is O=C(Cn1nc(-c2ccco2)n(C2CC2)c1=O)c1ccc(Cl)cc1Cl. The number of carbonyl (C=O) groups is 1. The largest absolute Gasteiger partial charge is 0.461 e. The van der Waals surface area contributed by atoms with E-state index in [9.17, 15) is 9.59 Å². The van der Waals surface area contributed by atoms with Gasteiger partial charge in [-0.2, -0.15) is 0 Å². The summed E-state index contributed by atoms with van der Waals surface area (Å²) in [6, 6.07) is 8.20. The summed E-state index contributed by atoms with van der Waals surface area (Å²) in [6.45, 7) is -0.201. The van der Waals surface area contributed by atoms with Crippen LogP contribution in [0.4, 0.5) is 0 Å². The smallest absolute Gasteiger partial charge is 0.346 e. The van der Waals surface area contributed by atoms with E-state index in [1.54, 1.807) is 28.8 Å². The Bertz CT molecular complexity index is 1000. The summed E-state index contributed by atoms with van der Waals surface area (Å²) in [5, 5.41) is 5.00. The third-order valence-corrected chi connectivity index (χ3v) is 4.60. The fourth-order valence-corrected chi connectivity index (χ4v) is 3.21. The zero-order valence-corrected chi connectivity index (χ0v) is 14.5. The lowest BCUT2D eigenvalue weighted by molar-refractivity contribution is 0.0966. The standard InChI is InChI=1S/C17H13Cl2N3O3/c18-10-3-6-12(13(19)8-10)14(23)9-21-17(24)22(11-4-5-11)16(20-21)15-2-1-7-25-15/h1-3,6-8,11H,4-5,9H2. The van der Waals surface area contributed by atoms with Crippen molar-refractivity contribution in [3.63, 3.8) is 0 Å². The summed E-state index contributed by atoms with van der Waals surface area (Å²) < 4.78 is 8.12. The number of aromatic nitrogens is 3. The van der Waals surface area contributed by atoms with Gasteiger partial charge >= 0.3 is 5.69 Å². The summed E-state index contributed by atoms with van der Waals surface area (Å²) in [4.78, 5) is 25.2. The van der Waals surface area contributed by atoms with E-state index in [1.807, 2.05) is 0 Å². The van der Waals surface area contributed by atoms with Crippen LogP contribution in [0.25, 0.3) is 11.6 Å². The topological polar surface area (TPSA) is 70.0 Å². The molecule has 0 bridgehead atoms. The first-order chi connectivity index (χ1) is 12.0. The molecule has 128 valence electrons. The van der Waals surface area contributed by atoms with Gasteiger partial charge < -0.3 is 4.42 Å². The zero-order chi connectivity index (χ0) is 17.6. The van der Waals surface area contributed by atoms with Gasteiger partial charge in [0, 0.05) is 16.6 Å². The molecule has 25 heavy (non-hydrogen) atoms. The molecule has 1 saturated carbocycles. The fourth-order valence-electron chi connectivity index (χ4n) is 2.70. The Labute approximate surface area is 152 Å². The van der Waals surface area contributed by atoms with Gasteiger partial charge in [-0.3, -0.25) is 9.36 Å². The van der Waals surface area contributed by atoms with Crippen molar-refractivity contribution in [3.05, 3.63) is 62.7 Å². The quantitative estimate of drug-likeness (QED) is 0.633. The van der Waals surface area contributed by atoms with Gasteiger partial charge in [-0.1, -0.05) is 23.2 Å². The first kappa shape index (κ1) is 16.2. The maximum absolute atomic E-state index is 12.7. The third kappa shape index (κ3) is 3.03. The average molecular weight is 378 g/mol. The molecule has 2 heterocycles. The van der Waals surface area contributed by atoms with Gasteiger partial charge in [0.15, 0.2) is 11.5 Å². The van der Waals surface area contributed by atoms with Crippen LogP contribution in [0, 0.1) is 0 Å². The number of benzene rings is 1. The van der Waals surface area contributed by atoms with Crippen LogP contribution in [0.3, 0.4) is 0 Å². The minimum Gasteiger partial charge on any atom is -0.461 e. The second-order valence-corrected chi connectivity index (χ2v) is 6.73. The Morgan fingerprint density at radius 2 is 2.08 bits per heavy atom. The molecule has 1 aliphatic carbocycles. The van der Waals surface area contributed by atoms with Gasteiger partial charge in [-0.15, -0.1) is 5.10 Å². The number of ketones is 1. The number of nitrogens with zero attached hydrogens (tertiary/aromatic N) is 3. The molecule has 4 rings (SSSR count). The summed E-state index contributed by atoms with van der Waals surface area (Å²) >= 11 is 11.9. The normalized spacial score (nSPS) is 14.0. The van der Waals surface area contributed by atoms with E-state index in [1.165, 1.54) is 12.3 Å². The monoisotopic (exact) mass is 377 g/mol. The molecule has 1 aromatic carbocycles. The first-order valence-electron chi connectivity index (χ1n) is 7.76. The molecule has 0 radical (unpaired) electrons. The Morgan fingerprint density at radius 1 is 1.28 bits per heavy atom. The number of rotatable bonds is 5. The first-order valence-corrected chi connectivity index (χ1v) is 8.51. The van der Waals surface area contributed by atoms with Crippen molar-refractivity contribution < 1.29 is 9.21 Å². The van der Waals surface area contributed by atoms with E-state index in [2.05, 4.69) is 5.10 Å². The van der Waals surface area contributed by atoms with Crippen LogP contribution >= 0.6 is 23.2 Å². The molecule has 0 unspecified atom stereocenters. The average Bonchev–Trinajstić information content (AvgIpc) is 3.15. The summed E-state index contributed by atoms with van der Waals surface area (Å²) in [5.74, 6) is 0.627. The molecule has 0 aliphatic heterocycles. The molecular formula is C17H13Cl2N3O3. The highest BCUT2D eigenvalue weighted by Crippen LogP contribution is 2.36. The number of furan rings is 1. The third-order valence-electron chi connectivity index (χ3n) is 4.05. The van der Waals surface area contributed by atoms with E-state index in [-0.39, 0.29) is 29.1 Å². The Kier molecular flexibility index (Phi) is 4.01. The van der Waals surface area contributed by atoms with Gasteiger partial charge in [-0.05, 0) is 43.2 Å². The van der Waals surface area contributed by atoms with Crippen molar-refractivity contribution >= 4 is 29.0 Å². The molecule has 0 amide bonds. The molecule has 2 aromatic heterocycles. The van der Waals surface area contributed by atoms with Gasteiger partial charge in [0.25, 0.3) is 0 Å². The van der Waals surface area contributed by atoms with Crippen LogP contribution in [0.15, 0.2) is 45.8 Å². The van der Waals surface area contributed by atoms with Gasteiger partial charge in [0.1, 0.15) is 6.54 Å². The second-order valence-electron chi connectivity index (χ2n) is 5.89. The Morgan fingerprint density at radius 3 is 2.72 bits per heavy atom. The van der Waals surface area contributed by atoms with E-state index in [4.69, 9.17) is 27.6 Å². The highest BCUT2D eigenvalue weighted by molar-refractivity contribution is 6.36. The van der Waals surface area contributed by atoms with E-state index in [0.717, 1.165) is 17.5 Å².